The second-order valence-corrected chi connectivity index (χ2v) is 2.71. The molecule has 1 atom stereocenters. The van der Waals surface area contributed by atoms with Crippen molar-refractivity contribution in [3.05, 3.63) is 0 Å². The predicted molar refractivity (Wildman–Crippen MR) is 46.1 cm³/mol. The van der Waals surface area contributed by atoms with Crippen LogP contribution in [0.2, 0.25) is 0 Å². The summed E-state index contributed by atoms with van der Waals surface area (Å²) < 4.78 is 8.48. The van der Waals surface area contributed by atoms with Crippen molar-refractivity contribution in [1.29, 1.82) is 0 Å². The second kappa shape index (κ2) is 6.38. The van der Waals surface area contributed by atoms with Crippen LogP contribution in [-0.2, 0) is 28.7 Å². The van der Waals surface area contributed by atoms with Crippen LogP contribution in [0.5, 0.6) is 0 Å². The van der Waals surface area contributed by atoms with Crippen LogP contribution >= 0.6 is 0 Å². The van der Waals surface area contributed by atoms with Crippen LogP contribution in [0.15, 0.2) is 0 Å². The molecule has 0 aliphatic heterocycles. The summed E-state index contributed by atoms with van der Waals surface area (Å²) >= 11 is 0. The number of aliphatic carboxylic acids is 2. The molecule has 0 saturated carbocycles. The van der Waals surface area contributed by atoms with Crippen LogP contribution in [0.1, 0.15) is 13.3 Å². The van der Waals surface area contributed by atoms with Gasteiger partial charge < -0.3 is 19.7 Å². The number of rotatable bonds is 6. The molecule has 8 nitrogen and oxygen atoms in total. The SMILES string of the molecule is CC(=O)OCOC(=O)C(CC(=O)O)C(=O)O. The third-order valence-corrected chi connectivity index (χ3v) is 1.42. The second-order valence-electron chi connectivity index (χ2n) is 2.71. The quantitative estimate of drug-likeness (QED) is 0.348. The van der Waals surface area contributed by atoms with E-state index in [2.05, 4.69) is 9.47 Å². The van der Waals surface area contributed by atoms with E-state index in [1.165, 1.54) is 0 Å². The van der Waals surface area contributed by atoms with Crippen LogP contribution in [0.4, 0.5) is 0 Å². The molecule has 0 aromatic carbocycles. The van der Waals surface area contributed by atoms with E-state index < -0.39 is 43.0 Å². The minimum Gasteiger partial charge on any atom is -0.481 e. The fraction of sp³-hybridized carbons (Fsp3) is 0.500. The van der Waals surface area contributed by atoms with Gasteiger partial charge in [0, 0.05) is 6.92 Å². The number of carboxylic acids is 2. The predicted octanol–water partition coefficient (Wildman–Crippen LogP) is -0.774. The van der Waals surface area contributed by atoms with E-state index in [-0.39, 0.29) is 0 Å². The zero-order chi connectivity index (χ0) is 12.7. The van der Waals surface area contributed by atoms with Crippen molar-refractivity contribution in [2.75, 3.05) is 6.79 Å². The van der Waals surface area contributed by atoms with Gasteiger partial charge in [-0.3, -0.25) is 19.2 Å². The monoisotopic (exact) mass is 234 g/mol. The maximum Gasteiger partial charge on any atom is 0.323 e. The Morgan fingerprint density at radius 3 is 2.06 bits per heavy atom. The van der Waals surface area contributed by atoms with Crippen molar-refractivity contribution in [3.63, 3.8) is 0 Å². The molecule has 0 spiro atoms. The fourth-order valence-corrected chi connectivity index (χ4v) is 0.717. The average molecular weight is 234 g/mol. The molecule has 0 bridgehead atoms. The van der Waals surface area contributed by atoms with Crippen molar-refractivity contribution in [2.24, 2.45) is 5.92 Å². The zero-order valence-corrected chi connectivity index (χ0v) is 8.34. The van der Waals surface area contributed by atoms with Gasteiger partial charge in [-0.2, -0.15) is 0 Å². The summed E-state index contributed by atoms with van der Waals surface area (Å²) in [6, 6.07) is 0. The smallest absolute Gasteiger partial charge is 0.323 e. The number of esters is 2. The molecule has 16 heavy (non-hydrogen) atoms. The largest absolute Gasteiger partial charge is 0.481 e. The lowest BCUT2D eigenvalue weighted by Gasteiger charge is -2.09. The van der Waals surface area contributed by atoms with E-state index in [9.17, 15) is 19.2 Å². The number of ether oxygens (including phenoxy) is 2. The van der Waals surface area contributed by atoms with E-state index in [0.717, 1.165) is 6.92 Å². The van der Waals surface area contributed by atoms with E-state index >= 15 is 0 Å². The summed E-state index contributed by atoms with van der Waals surface area (Å²) in [5.41, 5.74) is 0. The summed E-state index contributed by atoms with van der Waals surface area (Å²) in [4.78, 5) is 42.1. The normalized spacial score (nSPS) is 11.3. The molecule has 0 aliphatic carbocycles. The van der Waals surface area contributed by atoms with E-state index in [1.54, 1.807) is 0 Å². The molecular formula is C8H10O8. The number of carboxylic acid groups (broad SMARTS) is 2. The lowest BCUT2D eigenvalue weighted by molar-refractivity contribution is -0.174. The average Bonchev–Trinajstić information content (AvgIpc) is 2.12. The van der Waals surface area contributed by atoms with Gasteiger partial charge in [0.25, 0.3) is 0 Å². The molecule has 8 heteroatoms. The number of carbonyl (C=O) groups is 4. The molecule has 0 saturated heterocycles. The Balaban J connectivity index is 4.23. The number of hydrogen-bond acceptors (Lipinski definition) is 6. The Hall–Kier alpha value is -2.12. The molecule has 0 radical (unpaired) electrons. The molecule has 0 rings (SSSR count). The molecule has 0 aromatic rings. The van der Waals surface area contributed by atoms with Crippen molar-refractivity contribution >= 4 is 23.9 Å². The number of hydrogen-bond donors (Lipinski definition) is 2. The Kier molecular flexibility index (Phi) is 5.53. The molecule has 1 unspecified atom stereocenters. The van der Waals surface area contributed by atoms with Crippen LogP contribution < -0.4 is 0 Å². The Labute approximate surface area is 89.8 Å². The summed E-state index contributed by atoms with van der Waals surface area (Å²) in [7, 11) is 0. The lowest BCUT2D eigenvalue weighted by atomic mass is 10.1. The summed E-state index contributed by atoms with van der Waals surface area (Å²) in [6.07, 6.45) is -0.895. The molecular weight excluding hydrogens is 224 g/mol. The maximum atomic E-state index is 11.0. The zero-order valence-electron chi connectivity index (χ0n) is 8.34. The van der Waals surface area contributed by atoms with Crippen molar-refractivity contribution in [1.82, 2.24) is 0 Å². The van der Waals surface area contributed by atoms with Gasteiger partial charge in [-0.05, 0) is 0 Å². The van der Waals surface area contributed by atoms with Crippen molar-refractivity contribution in [3.8, 4) is 0 Å². The van der Waals surface area contributed by atoms with Gasteiger partial charge in [-0.1, -0.05) is 0 Å². The molecule has 0 amide bonds. The van der Waals surface area contributed by atoms with Gasteiger partial charge in [0.15, 0.2) is 5.92 Å². The third kappa shape index (κ3) is 5.58. The third-order valence-electron chi connectivity index (χ3n) is 1.42. The van der Waals surface area contributed by atoms with Crippen LogP contribution in [0.25, 0.3) is 0 Å². The van der Waals surface area contributed by atoms with Gasteiger partial charge in [-0.15, -0.1) is 0 Å². The first kappa shape index (κ1) is 13.9. The minimum absolute atomic E-state index is 0.710. The molecule has 0 aliphatic rings. The van der Waals surface area contributed by atoms with Crippen LogP contribution in [-0.4, -0.2) is 40.9 Å². The molecule has 90 valence electrons. The topological polar surface area (TPSA) is 127 Å². The van der Waals surface area contributed by atoms with Gasteiger partial charge in [0.1, 0.15) is 0 Å². The van der Waals surface area contributed by atoms with E-state index in [4.69, 9.17) is 10.2 Å². The highest BCUT2D eigenvalue weighted by atomic mass is 16.7. The summed E-state index contributed by atoms with van der Waals surface area (Å²) in [6.45, 7) is 0.331. The molecule has 2 N–H and O–H groups in total. The highest BCUT2D eigenvalue weighted by Gasteiger charge is 2.30. The Bertz CT molecular complexity index is 307. The van der Waals surface area contributed by atoms with Crippen LogP contribution in [0, 0.1) is 5.92 Å². The standard InChI is InChI=1S/C8H10O8/c1-4(9)15-3-16-8(14)5(7(12)13)2-6(10)11/h5H,2-3H2,1H3,(H,10,11)(H,12,13). The number of carbonyl (C=O) groups excluding carboxylic acids is 2. The van der Waals surface area contributed by atoms with Crippen molar-refractivity contribution in [2.45, 2.75) is 13.3 Å². The lowest BCUT2D eigenvalue weighted by Crippen LogP contribution is -2.29. The highest BCUT2D eigenvalue weighted by molar-refractivity contribution is 5.96. The first-order valence-corrected chi connectivity index (χ1v) is 4.09. The van der Waals surface area contributed by atoms with Gasteiger partial charge in [-0.25, -0.2) is 0 Å². The van der Waals surface area contributed by atoms with Crippen LogP contribution in [0.3, 0.4) is 0 Å². The maximum absolute atomic E-state index is 11.0. The highest BCUT2D eigenvalue weighted by Crippen LogP contribution is 2.06. The first-order chi connectivity index (χ1) is 7.34. The first-order valence-electron chi connectivity index (χ1n) is 4.09. The van der Waals surface area contributed by atoms with Gasteiger partial charge in [0.05, 0.1) is 6.42 Å². The van der Waals surface area contributed by atoms with Gasteiger partial charge >= 0.3 is 23.9 Å². The minimum atomic E-state index is -1.81. The Morgan fingerprint density at radius 1 is 1.12 bits per heavy atom. The van der Waals surface area contributed by atoms with Gasteiger partial charge in [0.2, 0.25) is 6.79 Å². The summed E-state index contributed by atoms with van der Waals surface area (Å²) in [5, 5.41) is 16.9. The molecule has 0 heterocycles. The van der Waals surface area contributed by atoms with E-state index in [0.29, 0.717) is 0 Å². The molecule has 0 fully saturated rings. The Morgan fingerprint density at radius 2 is 1.69 bits per heavy atom. The van der Waals surface area contributed by atoms with E-state index in [1.807, 2.05) is 0 Å². The van der Waals surface area contributed by atoms with Crippen molar-refractivity contribution < 1.29 is 38.9 Å². The fourth-order valence-electron chi connectivity index (χ4n) is 0.717. The molecule has 0 aromatic heterocycles. The summed E-state index contributed by atoms with van der Waals surface area (Å²) in [5.74, 6) is -6.85.